The Hall–Kier alpha value is -1.59. The van der Waals surface area contributed by atoms with Crippen LogP contribution in [0.15, 0.2) is 24.3 Å². The lowest BCUT2D eigenvalue weighted by molar-refractivity contribution is -0.120. The molecule has 2 fully saturated rings. The first-order valence-corrected chi connectivity index (χ1v) is 8.72. The van der Waals surface area contributed by atoms with Gasteiger partial charge in [0.25, 0.3) is 0 Å². The van der Waals surface area contributed by atoms with Gasteiger partial charge < -0.3 is 21.1 Å². The van der Waals surface area contributed by atoms with Crippen LogP contribution in [0.4, 0.5) is 11.4 Å². The number of nitrogens with zero attached hydrogens (tertiary/aromatic N) is 1. The van der Waals surface area contributed by atoms with Crippen molar-refractivity contribution >= 4 is 17.3 Å². The van der Waals surface area contributed by atoms with Crippen molar-refractivity contribution in [3.8, 4) is 0 Å². The van der Waals surface area contributed by atoms with Crippen molar-refractivity contribution in [1.29, 1.82) is 0 Å². The zero-order valence-electron chi connectivity index (χ0n) is 13.6. The number of aliphatic hydroxyl groups excluding tert-OH is 1. The number of rotatable bonds is 4. The van der Waals surface area contributed by atoms with Crippen LogP contribution in [0, 0.1) is 11.8 Å². The third-order valence-corrected chi connectivity index (χ3v) is 5.27. The second-order valence-corrected chi connectivity index (χ2v) is 6.76. The molecule has 5 nitrogen and oxygen atoms in total. The molecule has 0 bridgehead atoms. The molecular formula is C18H27N3O2. The third kappa shape index (κ3) is 3.67. The van der Waals surface area contributed by atoms with Crippen LogP contribution < -0.4 is 16.0 Å². The average molecular weight is 317 g/mol. The molecule has 2 atom stereocenters. The standard InChI is InChI=1S/C18H27N3O2/c19-12-13-4-3-5-15(13)18(23)20-16-6-1-2-7-17(16)21-10-8-14(22)9-11-21/h1-2,6-7,13-15,22H,3-5,8-12,19H2,(H,20,23)/t13-,15-/m1/s1. The smallest absolute Gasteiger partial charge is 0.227 e. The Labute approximate surface area is 137 Å². The monoisotopic (exact) mass is 317 g/mol. The number of amides is 1. The molecule has 1 aliphatic carbocycles. The summed E-state index contributed by atoms with van der Waals surface area (Å²) in [7, 11) is 0. The summed E-state index contributed by atoms with van der Waals surface area (Å²) in [6.45, 7) is 2.23. The van der Waals surface area contributed by atoms with Gasteiger partial charge in [-0.25, -0.2) is 0 Å². The fourth-order valence-corrected chi connectivity index (χ4v) is 3.85. The molecule has 126 valence electrons. The first-order valence-electron chi connectivity index (χ1n) is 8.72. The van der Waals surface area contributed by atoms with Crippen molar-refractivity contribution < 1.29 is 9.90 Å². The Balaban J connectivity index is 1.71. The molecule has 0 radical (unpaired) electrons. The lowest BCUT2D eigenvalue weighted by Gasteiger charge is -2.33. The van der Waals surface area contributed by atoms with Crippen LogP contribution in [-0.4, -0.2) is 36.8 Å². The molecule has 5 heteroatoms. The van der Waals surface area contributed by atoms with E-state index in [9.17, 15) is 9.90 Å². The molecule has 0 unspecified atom stereocenters. The van der Waals surface area contributed by atoms with E-state index in [2.05, 4.69) is 10.2 Å². The van der Waals surface area contributed by atoms with Crippen molar-refractivity contribution in [1.82, 2.24) is 0 Å². The summed E-state index contributed by atoms with van der Waals surface area (Å²) < 4.78 is 0. The molecule has 1 aliphatic heterocycles. The maximum Gasteiger partial charge on any atom is 0.227 e. The lowest BCUT2D eigenvalue weighted by Crippen LogP contribution is -2.36. The number of carbonyl (C=O) groups excluding carboxylic acids is 1. The van der Waals surface area contributed by atoms with Gasteiger partial charge in [-0.15, -0.1) is 0 Å². The van der Waals surface area contributed by atoms with E-state index in [-0.39, 0.29) is 17.9 Å². The second-order valence-electron chi connectivity index (χ2n) is 6.76. The topological polar surface area (TPSA) is 78.6 Å². The first-order chi connectivity index (χ1) is 11.2. The third-order valence-electron chi connectivity index (χ3n) is 5.27. The van der Waals surface area contributed by atoms with Crippen LogP contribution in [0.2, 0.25) is 0 Å². The second kappa shape index (κ2) is 7.32. The number of piperidine rings is 1. The summed E-state index contributed by atoms with van der Waals surface area (Å²) in [5.41, 5.74) is 7.73. The molecule has 2 aliphatic rings. The molecule has 3 rings (SSSR count). The highest BCUT2D eigenvalue weighted by Crippen LogP contribution is 2.34. The Bertz CT molecular complexity index is 541. The van der Waals surface area contributed by atoms with Gasteiger partial charge in [0.15, 0.2) is 0 Å². The normalized spacial score (nSPS) is 25.6. The number of nitrogens with two attached hydrogens (primary N) is 1. The summed E-state index contributed by atoms with van der Waals surface area (Å²) in [5, 5.41) is 12.8. The van der Waals surface area contributed by atoms with E-state index >= 15 is 0 Å². The largest absolute Gasteiger partial charge is 0.393 e. The van der Waals surface area contributed by atoms with Gasteiger partial charge >= 0.3 is 0 Å². The average Bonchev–Trinajstić information content (AvgIpc) is 3.05. The molecule has 1 amide bonds. The minimum atomic E-state index is -0.197. The number of para-hydroxylation sites is 2. The number of anilines is 2. The molecule has 4 N–H and O–H groups in total. The fourth-order valence-electron chi connectivity index (χ4n) is 3.85. The van der Waals surface area contributed by atoms with Crippen molar-refractivity contribution in [2.24, 2.45) is 17.6 Å². The zero-order chi connectivity index (χ0) is 16.2. The predicted molar refractivity (Wildman–Crippen MR) is 92.4 cm³/mol. The molecule has 0 aromatic heterocycles. The highest BCUT2D eigenvalue weighted by atomic mass is 16.3. The van der Waals surface area contributed by atoms with Gasteiger partial charge in [-0.2, -0.15) is 0 Å². The Morgan fingerprint density at radius 3 is 2.70 bits per heavy atom. The van der Waals surface area contributed by atoms with Crippen LogP contribution in [0.3, 0.4) is 0 Å². The fraction of sp³-hybridized carbons (Fsp3) is 0.611. The quantitative estimate of drug-likeness (QED) is 0.793. The molecule has 23 heavy (non-hydrogen) atoms. The van der Waals surface area contributed by atoms with E-state index in [4.69, 9.17) is 5.73 Å². The van der Waals surface area contributed by atoms with E-state index in [1.165, 1.54) is 0 Å². The molecule has 1 aromatic rings. The van der Waals surface area contributed by atoms with E-state index in [0.29, 0.717) is 12.5 Å². The summed E-state index contributed by atoms with van der Waals surface area (Å²) >= 11 is 0. The van der Waals surface area contributed by atoms with Gasteiger partial charge in [0.05, 0.1) is 17.5 Å². The lowest BCUT2D eigenvalue weighted by atomic mass is 9.95. The number of aliphatic hydroxyl groups is 1. The highest BCUT2D eigenvalue weighted by Gasteiger charge is 2.32. The summed E-state index contributed by atoms with van der Waals surface area (Å²) in [6, 6.07) is 7.95. The first kappa shape index (κ1) is 16.3. The summed E-state index contributed by atoms with van der Waals surface area (Å²) in [6.07, 6.45) is 4.44. The van der Waals surface area contributed by atoms with Gasteiger partial charge in [-0.3, -0.25) is 4.79 Å². The van der Waals surface area contributed by atoms with E-state index in [0.717, 1.165) is 56.6 Å². The molecular weight excluding hydrogens is 290 g/mol. The number of nitrogens with one attached hydrogen (secondary N) is 1. The van der Waals surface area contributed by atoms with Crippen LogP contribution in [0.25, 0.3) is 0 Å². The Morgan fingerprint density at radius 1 is 1.22 bits per heavy atom. The van der Waals surface area contributed by atoms with Gasteiger partial charge in [-0.05, 0) is 50.3 Å². The Morgan fingerprint density at radius 2 is 1.96 bits per heavy atom. The highest BCUT2D eigenvalue weighted by molar-refractivity contribution is 5.96. The van der Waals surface area contributed by atoms with Crippen molar-refractivity contribution in [3.63, 3.8) is 0 Å². The molecule has 1 saturated heterocycles. The minimum absolute atomic E-state index is 0.0382. The van der Waals surface area contributed by atoms with Gasteiger partial charge in [0, 0.05) is 19.0 Å². The van der Waals surface area contributed by atoms with E-state index in [1.54, 1.807) is 0 Å². The zero-order valence-corrected chi connectivity index (χ0v) is 13.6. The van der Waals surface area contributed by atoms with Crippen molar-refractivity contribution in [2.75, 3.05) is 29.9 Å². The Kier molecular flexibility index (Phi) is 5.18. The number of hydrogen-bond donors (Lipinski definition) is 3. The van der Waals surface area contributed by atoms with Gasteiger partial charge in [-0.1, -0.05) is 18.6 Å². The number of benzene rings is 1. The SMILES string of the molecule is NC[C@H]1CCC[C@H]1C(=O)Nc1ccccc1N1CCC(O)CC1. The number of carbonyl (C=O) groups is 1. The number of hydrogen-bond acceptors (Lipinski definition) is 4. The summed E-state index contributed by atoms with van der Waals surface area (Å²) in [4.78, 5) is 14.9. The van der Waals surface area contributed by atoms with Gasteiger partial charge in [0.1, 0.15) is 0 Å². The maximum atomic E-state index is 12.6. The van der Waals surface area contributed by atoms with E-state index < -0.39 is 0 Å². The van der Waals surface area contributed by atoms with E-state index in [1.807, 2.05) is 24.3 Å². The maximum absolute atomic E-state index is 12.6. The summed E-state index contributed by atoms with van der Waals surface area (Å²) in [5.74, 6) is 0.450. The van der Waals surface area contributed by atoms with Crippen LogP contribution >= 0.6 is 0 Å². The molecule has 1 saturated carbocycles. The molecule has 1 heterocycles. The van der Waals surface area contributed by atoms with Crippen LogP contribution in [-0.2, 0) is 4.79 Å². The minimum Gasteiger partial charge on any atom is -0.393 e. The van der Waals surface area contributed by atoms with Crippen molar-refractivity contribution in [2.45, 2.75) is 38.2 Å². The molecule has 0 spiro atoms. The van der Waals surface area contributed by atoms with Crippen molar-refractivity contribution in [3.05, 3.63) is 24.3 Å². The van der Waals surface area contributed by atoms with Gasteiger partial charge in [0.2, 0.25) is 5.91 Å². The van der Waals surface area contributed by atoms with Crippen LogP contribution in [0.5, 0.6) is 0 Å². The molecule has 1 aromatic carbocycles. The van der Waals surface area contributed by atoms with Crippen LogP contribution in [0.1, 0.15) is 32.1 Å². The predicted octanol–water partition coefficient (Wildman–Crippen LogP) is 1.96.